The third-order valence-electron chi connectivity index (χ3n) is 2.84. The Morgan fingerprint density at radius 2 is 2.47 bits per heavy atom. The van der Waals surface area contributed by atoms with Gasteiger partial charge in [0.1, 0.15) is 5.54 Å². The second-order valence-electron chi connectivity index (χ2n) is 4.03. The van der Waals surface area contributed by atoms with Gasteiger partial charge in [-0.2, -0.15) is 4.98 Å². The highest BCUT2D eigenvalue weighted by molar-refractivity contribution is 5.80. The Labute approximate surface area is 98.2 Å². The number of nitrogens with zero attached hydrogens (tertiary/aromatic N) is 3. The molecule has 1 aromatic rings. The van der Waals surface area contributed by atoms with Gasteiger partial charge in [-0.3, -0.25) is 4.79 Å². The van der Waals surface area contributed by atoms with Crippen LogP contribution in [0.4, 0.5) is 5.95 Å². The second kappa shape index (κ2) is 4.17. The van der Waals surface area contributed by atoms with Gasteiger partial charge in [-0.25, -0.2) is 4.98 Å². The molecule has 1 aliphatic rings. The van der Waals surface area contributed by atoms with E-state index in [4.69, 9.17) is 15.6 Å². The van der Waals surface area contributed by atoms with Crippen molar-refractivity contribution in [2.75, 3.05) is 25.1 Å². The third-order valence-corrected chi connectivity index (χ3v) is 2.84. The SMILES string of the molecule is COc1ccnc(N2CCC(N)(C(=O)O)C2)n1. The van der Waals surface area contributed by atoms with E-state index in [-0.39, 0.29) is 6.54 Å². The normalized spacial score (nSPS) is 23.8. The number of aliphatic carboxylic acids is 1. The molecule has 1 aliphatic heterocycles. The van der Waals surface area contributed by atoms with Crippen LogP contribution in [0.5, 0.6) is 5.88 Å². The zero-order valence-electron chi connectivity index (χ0n) is 9.46. The lowest BCUT2D eigenvalue weighted by atomic mass is 10.0. The highest BCUT2D eigenvalue weighted by Gasteiger charge is 2.42. The molecule has 1 saturated heterocycles. The van der Waals surface area contributed by atoms with Crippen molar-refractivity contribution in [3.63, 3.8) is 0 Å². The summed E-state index contributed by atoms with van der Waals surface area (Å²) in [6, 6.07) is 1.63. The molecule has 0 saturated carbocycles. The molecule has 0 amide bonds. The number of nitrogens with two attached hydrogens (primary N) is 1. The minimum Gasteiger partial charge on any atom is -0.481 e. The van der Waals surface area contributed by atoms with Crippen molar-refractivity contribution in [2.45, 2.75) is 12.0 Å². The lowest BCUT2D eigenvalue weighted by Gasteiger charge is -2.20. The number of hydrogen-bond acceptors (Lipinski definition) is 6. The summed E-state index contributed by atoms with van der Waals surface area (Å²) in [4.78, 5) is 21.0. The average molecular weight is 238 g/mol. The molecule has 0 aromatic carbocycles. The number of carboxylic acid groups (broad SMARTS) is 1. The van der Waals surface area contributed by atoms with Crippen LogP contribution < -0.4 is 15.4 Å². The highest BCUT2D eigenvalue weighted by Crippen LogP contribution is 2.23. The highest BCUT2D eigenvalue weighted by atomic mass is 16.5. The fraction of sp³-hybridized carbons (Fsp3) is 0.500. The largest absolute Gasteiger partial charge is 0.481 e. The van der Waals surface area contributed by atoms with Crippen LogP contribution in [0, 0.1) is 0 Å². The van der Waals surface area contributed by atoms with E-state index in [9.17, 15) is 4.79 Å². The van der Waals surface area contributed by atoms with Crippen LogP contribution in [-0.4, -0.2) is 46.8 Å². The number of anilines is 1. The van der Waals surface area contributed by atoms with Gasteiger partial charge in [-0.15, -0.1) is 0 Å². The van der Waals surface area contributed by atoms with Gasteiger partial charge in [0.15, 0.2) is 0 Å². The van der Waals surface area contributed by atoms with Crippen molar-refractivity contribution in [1.29, 1.82) is 0 Å². The number of aromatic nitrogens is 2. The monoisotopic (exact) mass is 238 g/mol. The first-order chi connectivity index (χ1) is 8.05. The first-order valence-corrected chi connectivity index (χ1v) is 5.19. The fourth-order valence-electron chi connectivity index (χ4n) is 1.78. The molecule has 3 N–H and O–H groups in total. The molecule has 1 fully saturated rings. The molecule has 0 spiro atoms. The van der Waals surface area contributed by atoms with Crippen LogP contribution in [0.1, 0.15) is 6.42 Å². The number of rotatable bonds is 3. The summed E-state index contributed by atoms with van der Waals surface area (Å²) in [5.74, 6) is -0.110. The maximum absolute atomic E-state index is 11.0. The third kappa shape index (κ3) is 2.14. The van der Waals surface area contributed by atoms with E-state index in [1.54, 1.807) is 17.2 Å². The Morgan fingerprint density at radius 3 is 3.06 bits per heavy atom. The minimum absolute atomic E-state index is 0.204. The molecule has 1 atom stereocenters. The zero-order valence-corrected chi connectivity index (χ0v) is 9.46. The molecule has 0 radical (unpaired) electrons. The second-order valence-corrected chi connectivity index (χ2v) is 4.03. The topological polar surface area (TPSA) is 102 Å². The van der Waals surface area contributed by atoms with Crippen molar-refractivity contribution in [3.05, 3.63) is 12.3 Å². The van der Waals surface area contributed by atoms with Crippen molar-refractivity contribution >= 4 is 11.9 Å². The molecule has 2 heterocycles. The standard InChI is InChI=1S/C10H14N4O3/c1-17-7-2-4-12-9(13-7)14-5-3-10(11,6-14)8(15)16/h2,4H,3,5-6,11H2,1H3,(H,15,16). The van der Waals surface area contributed by atoms with Gasteiger partial charge in [-0.1, -0.05) is 0 Å². The van der Waals surface area contributed by atoms with Crippen molar-refractivity contribution in [1.82, 2.24) is 9.97 Å². The van der Waals surface area contributed by atoms with Crippen LogP contribution in [0.2, 0.25) is 0 Å². The Balaban J connectivity index is 2.17. The maximum atomic E-state index is 11.0. The molecule has 7 nitrogen and oxygen atoms in total. The number of methoxy groups -OCH3 is 1. The van der Waals surface area contributed by atoms with Gasteiger partial charge in [0, 0.05) is 25.4 Å². The van der Waals surface area contributed by atoms with Gasteiger partial charge in [-0.05, 0) is 6.42 Å². The van der Waals surface area contributed by atoms with Crippen molar-refractivity contribution in [3.8, 4) is 5.88 Å². The molecule has 0 bridgehead atoms. The molecule has 0 aliphatic carbocycles. The van der Waals surface area contributed by atoms with Crippen LogP contribution in [0.3, 0.4) is 0 Å². The molecular weight excluding hydrogens is 224 g/mol. The van der Waals surface area contributed by atoms with Gasteiger partial charge in [0.2, 0.25) is 11.8 Å². The number of carboxylic acids is 1. The minimum atomic E-state index is -1.22. The van der Waals surface area contributed by atoms with Gasteiger partial charge in [0.25, 0.3) is 0 Å². The van der Waals surface area contributed by atoms with Crippen LogP contribution in [-0.2, 0) is 4.79 Å². The number of ether oxygens (including phenoxy) is 1. The predicted octanol–water partition coefficient (Wildman–Crippen LogP) is -0.523. The summed E-state index contributed by atoms with van der Waals surface area (Å²) < 4.78 is 4.99. The van der Waals surface area contributed by atoms with Crippen molar-refractivity contribution < 1.29 is 14.6 Å². The Hall–Kier alpha value is -1.89. The van der Waals surface area contributed by atoms with E-state index in [1.165, 1.54) is 7.11 Å². The maximum Gasteiger partial charge on any atom is 0.325 e. The fourth-order valence-corrected chi connectivity index (χ4v) is 1.78. The summed E-state index contributed by atoms with van der Waals surface area (Å²) in [7, 11) is 1.51. The molecule has 17 heavy (non-hydrogen) atoms. The van der Waals surface area contributed by atoms with E-state index in [2.05, 4.69) is 9.97 Å². The zero-order chi connectivity index (χ0) is 12.5. The summed E-state index contributed by atoms with van der Waals surface area (Å²) in [6.45, 7) is 0.728. The lowest BCUT2D eigenvalue weighted by Crippen LogP contribution is -2.50. The van der Waals surface area contributed by atoms with E-state index < -0.39 is 11.5 Å². The number of carbonyl (C=O) groups is 1. The quantitative estimate of drug-likeness (QED) is 0.730. The van der Waals surface area contributed by atoms with Gasteiger partial charge < -0.3 is 20.5 Å². The summed E-state index contributed by atoms with van der Waals surface area (Å²) in [5, 5.41) is 9.02. The predicted molar refractivity (Wildman–Crippen MR) is 60.0 cm³/mol. The summed E-state index contributed by atoms with van der Waals surface area (Å²) in [6.07, 6.45) is 1.95. The van der Waals surface area contributed by atoms with Gasteiger partial charge >= 0.3 is 5.97 Å². The van der Waals surface area contributed by atoms with Crippen molar-refractivity contribution in [2.24, 2.45) is 5.73 Å². The summed E-state index contributed by atoms with van der Waals surface area (Å²) >= 11 is 0. The molecule has 1 unspecified atom stereocenters. The Kier molecular flexibility index (Phi) is 2.84. The molecule has 7 heteroatoms. The van der Waals surface area contributed by atoms with E-state index >= 15 is 0 Å². The number of hydrogen-bond donors (Lipinski definition) is 2. The van der Waals surface area contributed by atoms with E-state index in [0.29, 0.717) is 24.8 Å². The smallest absolute Gasteiger partial charge is 0.325 e. The van der Waals surface area contributed by atoms with Crippen LogP contribution >= 0.6 is 0 Å². The molecule has 1 aromatic heterocycles. The Morgan fingerprint density at radius 1 is 1.71 bits per heavy atom. The average Bonchev–Trinajstić information content (AvgIpc) is 2.74. The summed E-state index contributed by atoms with van der Waals surface area (Å²) in [5.41, 5.74) is 4.56. The first kappa shape index (κ1) is 11.6. The molecule has 92 valence electrons. The first-order valence-electron chi connectivity index (χ1n) is 5.19. The Bertz CT molecular complexity index is 439. The van der Waals surface area contributed by atoms with E-state index in [1.807, 2.05) is 0 Å². The molecule has 2 rings (SSSR count). The molecular formula is C10H14N4O3. The van der Waals surface area contributed by atoms with Crippen LogP contribution in [0.15, 0.2) is 12.3 Å². The lowest BCUT2D eigenvalue weighted by molar-refractivity contribution is -0.142. The van der Waals surface area contributed by atoms with Crippen LogP contribution in [0.25, 0.3) is 0 Å². The van der Waals surface area contributed by atoms with E-state index in [0.717, 1.165) is 0 Å². The van der Waals surface area contributed by atoms with Gasteiger partial charge in [0.05, 0.1) is 7.11 Å².